The lowest BCUT2D eigenvalue weighted by atomic mass is 9.82. The Balaban J connectivity index is 2.05. The number of primary amides is 1. The van der Waals surface area contributed by atoms with Gasteiger partial charge in [0.25, 0.3) is 0 Å². The average molecular weight is 401 g/mol. The summed E-state index contributed by atoms with van der Waals surface area (Å²) in [7, 11) is 0. The molecule has 0 aliphatic rings. The van der Waals surface area contributed by atoms with Crippen molar-refractivity contribution in [3.8, 4) is 0 Å². The van der Waals surface area contributed by atoms with Gasteiger partial charge in [0.05, 0.1) is 0 Å². The first-order valence-corrected chi connectivity index (χ1v) is 9.05. The Bertz CT molecular complexity index is 922. The third-order valence-corrected chi connectivity index (χ3v) is 4.90. The van der Waals surface area contributed by atoms with E-state index in [4.69, 9.17) is 28.9 Å². The van der Waals surface area contributed by atoms with Gasteiger partial charge in [0.2, 0.25) is 5.91 Å². The Morgan fingerprint density at radius 1 is 1.04 bits per heavy atom. The van der Waals surface area contributed by atoms with E-state index in [2.05, 4.69) is 15.3 Å². The van der Waals surface area contributed by atoms with Crippen LogP contribution < -0.4 is 11.1 Å². The van der Waals surface area contributed by atoms with Crippen LogP contribution >= 0.6 is 23.2 Å². The number of amides is 1. The first kappa shape index (κ1) is 19.3. The molecular formula is C20H18Cl2N4O. The van der Waals surface area contributed by atoms with Crippen molar-refractivity contribution < 1.29 is 4.79 Å². The van der Waals surface area contributed by atoms with Crippen LogP contribution in [0.1, 0.15) is 16.7 Å². The molecule has 5 nitrogen and oxygen atoms in total. The highest BCUT2D eigenvalue weighted by Crippen LogP contribution is 2.33. The van der Waals surface area contributed by atoms with Crippen LogP contribution in [0, 0.1) is 0 Å². The molecule has 0 saturated carbocycles. The van der Waals surface area contributed by atoms with Crippen molar-refractivity contribution in [2.75, 3.05) is 0 Å². The zero-order chi connectivity index (χ0) is 19.3. The van der Waals surface area contributed by atoms with E-state index in [0.29, 0.717) is 28.6 Å². The number of hydrogen-bond donors (Lipinski definition) is 2. The highest BCUT2D eigenvalue weighted by Gasteiger charge is 2.40. The lowest BCUT2D eigenvalue weighted by Crippen LogP contribution is -2.54. The number of carbonyl (C=O) groups excluding carboxylic acids is 1. The smallest absolute Gasteiger partial charge is 0.242 e. The predicted molar refractivity (Wildman–Crippen MR) is 106 cm³/mol. The van der Waals surface area contributed by atoms with Crippen molar-refractivity contribution in [2.24, 2.45) is 5.73 Å². The highest BCUT2D eigenvalue weighted by molar-refractivity contribution is 6.35. The summed E-state index contributed by atoms with van der Waals surface area (Å²) in [5.74, 6) is -0.535. The molecule has 3 N–H and O–H groups in total. The van der Waals surface area contributed by atoms with E-state index < -0.39 is 11.4 Å². The number of aromatic nitrogens is 2. The largest absolute Gasteiger partial charge is 0.368 e. The molecule has 3 rings (SSSR count). The molecule has 0 fully saturated rings. The Morgan fingerprint density at radius 2 is 1.81 bits per heavy atom. The van der Waals surface area contributed by atoms with Crippen LogP contribution in [0.25, 0.3) is 0 Å². The highest BCUT2D eigenvalue weighted by atomic mass is 35.5. The number of rotatable bonds is 7. The molecule has 0 bridgehead atoms. The van der Waals surface area contributed by atoms with E-state index in [-0.39, 0.29) is 0 Å². The Kier molecular flexibility index (Phi) is 6.06. The van der Waals surface area contributed by atoms with Crippen molar-refractivity contribution in [1.29, 1.82) is 0 Å². The second-order valence-electron chi connectivity index (χ2n) is 6.14. The van der Waals surface area contributed by atoms with E-state index in [1.807, 2.05) is 24.3 Å². The van der Waals surface area contributed by atoms with Crippen LogP contribution in [0.15, 0.2) is 67.3 Å². The van der Waals surface area contributed by atoms with E-state index in [0.717, 1.165) is 11.1 Å². The molecule has 1 atom stereocenters. The molecule has 0 aliphatic carbocycles. The fourth-order valence-electron chi connectivity index (χ4n) is 2.96. The van der Waals surface area contributed by atoms with Gasteiger partial charge in [-0.05, 0) is 41.5 Å². The molecule has 0 radical (unpaired) electrons. The zero-order valence-electron chi connectivity index (χ0n) is 14.4. The van der Waals surface area contributed by atoms with Gasteiger partial charge in [-0.2, -0.15) is 0 Å². The normalized spacial score (nSPS) is 13.1. The van der Waals surface area contributed by atoms with E-state index in [1.54, 1.807) is 43.0 Å². The van der Waals surface area contributed by atoms with Crippen LogP contribution in [-0.4, -0.2) is 15.9 Å². The zero-order valence-corrected chi connectivity index (χ0v) is 15.9. The molecule has 3 aromatic rings. The number of carbonyl (C=O) groups is 1. The standard InChI is InChI=1S/C20H18Cl2N4O/c21-16-3-4-17(18(22)10-16)20(19(23)27,11-14-5-8-24-9-6-14)26-13-15-2-1-7-25-12-15/h1-10,12,26H,11,13H2,(H2,23,27). The van der Waals surface area contributed by atoms with Crippen LogP contribution in [-0.2, 0) is 23.3 Å². The molecule has 2 heterocycles. The van der Waals surface area contributed by atoms with E-state index >= 15 is 0 Å². The predicted octanol–water partition coefficient (Wildman–Crippen LogP) is 3.50. The average Bonchev–Trinajstić information content (AvgIpc) is 2.67. The molecule has 2 aromatic heterocycles. The quantitative estimate of drug-likeness (QED) is 0.635. The Labute approximate surface area is 167 Å². The summed E-state index contributed by atoms with van der Waals surface area (Å²) < 4.78 is 0. The molecule has 0 spiro atoms. The van der Waals surface area contributed by atoms with Crippen molar-refractivity contribution in [3.63, 3.8) is 0 Å². The second-order valence-corrected chi connectivity index (χ2v) is 6.98. The number of nitrogens with two attached hydrogens (primary N) is 1. The molecule has 0 saturated heterocycles. The third-order valence-electron chi connectivity index (χ3n) is 4.35. The number of nitrogens with one attached hydrogen (secondary N) is 1. The van der Waals surface area contributed by atoms with Gasteiger partial charge in [-0.3, -0.25) is 20.1 Å². The SMILES string of the molecule is NC(=O)C(Cc1ccncc1)(NCc1cccnc1)c1ccc(Cl)cc1Cl. The summed E-state index contributed by atoms with van der Waals surface area (Å²) >= 11 is 12.5. The van der Waals surface area contributed by atoms with Crippen molar-refractivity contribution in [3.05, 3.63) is 94.0 Å². The number of nitrogens with zero attached hydrogens (tertiary/aromatic N) is 2. The van der Waals surface area contributed by atoms with Crippen molar-refractivity contribution in [1.82, 2.24) is 15.3 Å². The molecule has 7 heteroatoms. The number of halogens is 2. The molecule has 138 valence electrons. The summed E-state index contributed by atoms with van der Waals surface area (Å²) in [6, 6.07) is 12.5. The van der Waals surface area contributed by atoms with Crippen LogP contribution in [0.5, 0.6) is 0 Å². The molecular weight excluding hydrogens is 383 g/mol. The van der Waals surface area contributed by atoms with Gasteiger partial charge in [0, 0.05) is 53.4 Å². The maximum atomic E-state index is 12.7. The van der Waals surface area contributed by atoms with Crippen LogP contribution in [0.4, 0.5) is 0 Å². The fraction of sp³-hybridized carbons (Fsp3) is 0.150. The first-order chi connectivity index (χ1) is 13.0. The molecule has 0 aliphatic heterocycles. The van der Waals surface area contributed by atoms with Gasteiger partial charge in [0.15, 0.2) is 0 Å². The van der Waals surface area contributed by atoms with Crippen molar-refractivity contribution >= 4 is 29.1 Å². The van der Waals surface area contributed by atoms with Gasteiger partial charge < -0.3 is 5.73 Å². The number of hydrogen-bond acceptors (Lipinski definition) is 4. The number of pyridine rings is 2. The maximum absolute atomic E-state index is 12.7. The van der Waals surface area contributed by atoms with Gasteiger partial charge in [-0.15, -0.1) is 0 Å². The van der Waals surface area contributed by atoms with Crippen LogP contribution in [0.2, 0.25) is 10.0 Å². The van der Waals surface area contributed by atoms with Crippen LogP contribution in [0.3, 0.4) is 0 Å². The number of benzene rings is 1. The van der Waals surface area contributed by atoms with E-state index in [1.165, 1.54) is 0 Å². The monoisotopic (exact) mass is 400 g/mol. The molecule has 1 unspecified atom stereocenters. The van der Waals surface area contributed by atoms with Gasteiger partial charge in [-0.25, -0.2) is 0 Å². The lowest BCUT2D eigenvalue weighted by Gasteiger charge is -2.33. The summed E-state index contributed by atoms with van der Waals surface area (Å²) in [5, 5.41) is 4.17. The van der Waals surface area contributed by atoms with Gasteiger partial charge in [0.1, 0.15) is 5.54 Å². The maximum Gasteiger partial charge on any atom is 0.242 e. The third kappa shape index (κ3) is 4.45. The fourth-order valence-corrected chi connectivity index (χ4v) is 3.53. The second kappa shape index (κ2) is 8.48. The molecule has 27 heavy (non-hydrogen) atoms. The molecule has 1 aromatic carbocycles. The topological polar surface area (TPSA) is 80.9 Å². The minimum absolute atomic E-state index is 0.312. The van der Waals surface area contributed by atoms with Crippen molar-refractivity contribution in [2.45, 2.75) is 18.5 Å². The summed E-state index contributed by atoms with van der Waals surface area (Å²) in [6.07, 6.45) is 7.08. The lowest BCUT2D eigenvalue weighted by molar-refractivity contribution is -0.125. The summed E-state index contributed by atoms with van der Waals surface area (Å²) in [5.41, 5.74) is 7.06. The Morgan fingerprint density at radius 3 is 2.44 bits per heavy atom. The minimum atomic E-state index is -1.22. The Hall–Kier alpha value is -2.47. The minimum Gasteiger partial charge on any atom is -0.368 e. The summed E-state index contributed by atoms with van der Waals surface area (Å²) in [4.78, 5) is 20.9. The van der Waals surface area contributed by atoms with Gasteiger partial charge in [-0.1, -0.05) is 35.3 Å². The first-order valence-electron chi connectivity index (χ1n) is 8.29. The summed E-state index contributed by atoms with van der Waals surface area (Å²) in [6.45, 7) is 0.390. The molecule has 1 amide bonds. The van der Waals surface area contributed by atoms with E-state index in [9.17, 15) is 4.79 Å². The van der Waals surface area contributed by atoms with Gasteiger partial charge >= 0.3 is 0 Å².